The average Bonchev–Trinajstić information content (AvgIpc) is 2.47. The van der Waals surface area contributed by atoms with Crippen molar-refractivity contribution < 1.29 is 9.53 Å². The van der Waals surface area contributed by atoms with Gasteiger partial charge in [0.15, 0.2) is 5.78 Å². The Bertz CT molecular complexity index is 679. The van der Waals surface area contributed by atoms with Crippen molar-refractivity contribution in [2.45, 2.75) is 32.8 Å². The van der Waals surface area contributed by atoms with Gasteiger partial charge >= 0.3 is 0 Å². The lowest BCUT2D eigenvalue weighted by molar-refractivity contribution is 0.0350. The summed E-state index contributed by atoms with van der Waals surface area (Å²) in [5, 5.41) is 0. The van der Waals surface area contributed by atoms with Crippen LogP contribution in [-0.4, -0.2) is 17.4 Å². The van der Waals surface area contributed by atoms with Crippen molar-refractivity contribution in [1.29, 1.82) is 0 Å². The molecule has 0 spiro atoms. The zero-order valence-electron chi connectivity index (χ0n) is 12.4. The number of pyridine rings is 1. The number of carbonyl (C=O) groups excluding carboxylic acids is 1. The third-order valence-electron chi connectivity index (χ3n) is 3.94. The van der Waals surface area contributed by atoms with Gasteiger partial charge in [0.25, 0.3) is 0 Å². The van der Waals surface area contributed by atoms with Gasteiger partial charge in [0.2, 0.25) is 0 Å². The first kappa shape index (κ1) is 14.0. The molecule has 1 atom stereocenters. The van der Waals surface area contributed by atoms with Crippen molar-refractivity contribution in [3.63, 3.8) is 0 Å². The number of fused-ring (bicyclic) bond motifs is 1. The van der Waals surface area contributed by atoms with Gasteiger partial charge in [-0.05, 0) is 42.5 Å². The lowest BCUT2D eigenvalue weighted by Crippen LogP contribution is -2.20. The molecule has 1 aromatic carbocycles. The van der Waals surface area contributed by atoms with Gasteiger partial charge in [-0.1, -0.05) is 30.3 Å². The van der Waals surface area contributed by atoms with Crippen LogP contribution in [0.5, 0.6) is 0 Å². The Kier molecular flexibility index (Phi) is 3.84. The number of nitrogens with zero attached hydrogens (tertiary/aromatic N) is 1. The third-order valence-corrected chi connectivity index (χ3v) is 3.94. The highest BCUT2D eigenvalue weighted by molar-refractivity contribution is 5.96. The van der Waals surface area contributed by atoms with Crippen LogP contribution in [0.4, 0.5) is 0 Å². The number of ketones is 1. The van der Waals surface area contributed by atoms with Crippen LogP contribution in [0.1, 0.15) is 45.3 Å². The number of hydrogen-bond acceptors (Lipinski definition) is 3. The molecule has 3 nitrogen and oxygen atoms in total. The summed E-state index contributed by atoms with van der Waals surface area (Å²) in [6, 6.07) is 10.2. The second-order valence-electron chi connectivity index (χ2n) is 5.61. The Hall–Kier alpha value is -2.00. The minimum atomic E-state index is -0.148. The summed E-state index contributed by atoms with van der Waals surface area (Å²) < 4.78 is 5.81. The monoisotopic (exact) mass is 281 g/mol. The van der Waals surface area contributed by atoms with Crippen LogP contribution in [0.2, 0.25) is 0 Å². The van der Waals surface area contributed by atoms with Crippen molar-refractivity contribution >= 4 is 5.78 Å². The van der Waals surface area contributed by atoms with Crippen LogP contribution in [0.25, 0.3) is 0 Å². The molecular weight excluding hydrogens is 262 g/mol. The first-order valence-corrected chi connectivity index (χ1v) is 7.31. The standard InChI is InChI=1S/C18H19NO2/c1-12-9-13(2)18(19-11-12)16(20)10-17-15-6-4-3-5-14(15)7-8-21-17/h3-6,9,11,17H,7-8,10H2,1-2H3. The second kappa shape index (κ2) is 5.78. The highest BCUT2D eigenvalue weighted by Crippen LogP contribution is 2.30. The summed E-state index contributed by atoms with van der Waals surface area (Å²) in [5.41, 5.74) is 5.00. The van der Waals surface area contributed by atoms with Crippen molar-refractivity contribution in [1.82, 2.24) is 4.98 Å². The molecule has 0 saturated carbocycles. The second-order valence-corrected chi connectivity index (χ2v) is 5.61. The van der Waals surface area contributed by atoms with E-state index in [1.54, 1.807) is 6.20 Å². The van der Waals surface area contributed by atoms with Gasteiger partial charge in [-0.15, -0.1) is 0 Å². The van der Waals surface area contributed by atoms with E-state index in [1.807, 2.05) is 32.0 Å². The first-order chi connectivity index (χ1) is 10.1. The number of ether oxygens (including phenoxy) is 1. The first-order valence-electron chi connectivity index (χ1n) is 7.31. The summed E-state index contributed by atoms with van der Waals surface area (Å²) in [4.78, 5) is 16.8. The van der Waals surface area contributed by atoms with Gasteiger partial charge in [-0.25, -0.2) is 0 Å². The zero-order valence-corrected chi connectivity index (χ0v) is 12.4. The SMILES string of the molecule is Cc1cnc(C(=O)CC2OCCc3ccccc32)c(C)c1. The number of rotatable bonds is 3. The fourth-order valence-corrected chi connectivity index (χ4v) is 2.92. The average molecular weight is 281 g/mol. The van der Waals surface area contributed by atoms with E-state index in [2.05, 4.69) is 17.1 Å². The van der Waals surface area contributed by atoms with E-state index in [0.29, 0.717) is 18.7 Å². The van der Waals surface area contributed by atoms with Crippen molar-refractivity contribution in [3.8, 4) is 0 Å². The molecule has 2 aromatic rings. The summed E-state index contributed by atoms with van der Waals surface area (Å²) in [7, 11) is 0. The summed E-state index contributed by atoms with van der Waals surface area (Å²) in [6.45, 7) is 4.59. The molecule has 1 aliphatic rings. The number of aryl methyl sites for hydroxylation is 2. The van der Waals surface area contributed by atoms with Crippen LogP contribution in [0.3, 0.4) is 0 Å². The zero-order chi connectivity index (χ0) is 14.8. The van der Waals surface area contributed by atoms with Gasteiger partial charge in [0.1, 0.15) is 5.69 Å². The Balaban J connectivity index is 1.83. The molecule has 1 unspecified atom stereocenters. The Morgan fingerprint density at radius 2 is 2.14 bits per heavy atom. The molecule has 1 aromatic heterocycles. The van der Waals surface area contributed by atoms with E-state index in [1.165, 1.54) is 5.56 Å². The highest BCUT2D eigenvalue weighted by atomic mass is 16.5. The van der Waals surface area contributed by atoms with Gasteiger partial charge in [-0.2, -0.15) is 0 Å². The molecule has 108 valence electrons. The number of Topliss-reactive ketones (excluding diaryl/α,β-unsaturated/α-hetero) is 1. The minimum Gasteiger partial charge on any atom is -0.373 e. The number of hydrogen-bond donors (Lipinski definition) is 0. The Morgan fingerprint density at radius 3 is 2.95 bits per heavy atom. The molecule has 1 aliphatic heterocycles. The van der Waals surface area contributed by atoms with Crippen LogP contribution in [0.15, 0.2) is 36.5 Å². The Labute approximate surface area is 125 Å². The lowest BCUT2D eigenvalue weighted by Gasteiger charge is -2.25. The number of aromatic nitrogens is 1. The van der Waals surface area contributed by atoms with Crippen molar-refractivity contribution in [3.05, 3.63) is 64.5 Å². The molecule has 0 N–H and O–H groups in total. The van der Waals surface area contributed by atoms with E-state index in [-0.39, 0.29) is 11.9 Å². The molecule has 0 saturated heterocycles. The topological polar surface area (TPSA) is 39.2 Å². The fraction of sp³-hybridized carbons (Fsp3) is 0.333. The maximum absolute atomic E-state index is 12.5. The molecular formula is C18H19NO2. The van der Waals surface area contributed by atoms with E-state index in [4.69, 9.17) is 4.74 Å². The third kappa shape index (κ3) is 2.88. The predicted octanol–water partition coefficient (Wildman–Crippen LogP) is 3.59. The molecule has 0 amide bonds. The summed E-state index contributed by atoms with van der Waals surface area (Å²) in [5.74, 6) is 0.0502. The molecule has 3 rings (SSSR count). The molecule has 3 heteroatoms. The van der Waals surface area contributed by atoms with E-state index in [9.17, 15) is 4.79 Å². The number of benzene rings is 1. The molecule has 2 heterocycles. The molecule has 0 fully saturated rings. The van der Waals surface area contributed by atoms with E-state index >= 15 is 0 Å². The van der Waals surface area contributed by atoms with Gasteiger partial charge in [-0.3, -0.25) is 9.78 Å². The maximum atomic E-state index is 12.5. The summed E-state index contributed by atoms with van der Waals surface area (Å²) in [6.07, 6.45) is 2.87. The minimum absolute atomic E-state index is 0.0502. The largest absolute Gasteiger partial charge is 0.373 e. The number of carbonyl (C=O) groups is 1. The molecule has 0 radical (unpaired) electrons. The quantitative estimate of drug-likeness (QED) is 0.807. The molecule has 21 heavy (non-hydrogen) atoms. The van der Waals surface area contributed by atoms with Crippen LogP contribution < -0.4 is 0 Å². The van der Waals surface area contributed by atoms with Crippen LogP contribution in [0, 0.1) is 13.8 Å². The Morgan fingerprint density at radius 1 is 1.33 bits per heavy atom. The maximum Gasteiger partial charge on any atom is 0.184 e. The van der Waals surface area contributed by atoms with Crippen LogP contribution in [-0.2, 0) is 11.2 Å². The molecule has 0 aliphatic carbocycles. The highest BCUT2D eigenvalue weighted by Gasteiger charge is 2.24. The normalized spacial score (nSPS) is 17.3. The fourth-order valence-electron chi connectivity index (χ4n) is 2.92. The molecule has 0 bridgehead atoms. The van der Waals surface area contributed by atoms with Crippen LogP contribution >= 0.6 is 0 Å². The van der Waals surface area contributed by atoms with Gasteiger partial charge in [0.05, 0.1) is 12.7 Å². The van der Waals surface area contributed by atoms with Crippen molar-refractivity contribution in [2.24, 2.45) is 0 Å². The predicted molar refractivity (Wildman–Crippen MR) is 81.5 cm³/mol. The van der Waals surface area contributed by atoms with Gasteiger partial charge < -0.3 is 4.74 Å². The van der Waals surface area contributed by atoms with E-state index in [0.717, 1.165) is 23.1 Å². The van der Waals surface area contributed by atoms with E-state index < -0.39 is 0 Å². The summed E-state index contributed by atoms with van der Waals surface area (Å²) >= 11 is 0. The van der Waals surface area contributed by atoms with Crippen molar-refractivity contribution in [2.75, 3.05) is 6.61 Å². The smallest absolute Gasteiger partial charge is 0.184 e. The van der Waals surface area contributed by atoms with Gasteiger partial charge in [0, 0.05) is 12.6 Å². The lowest BCUT2D eigenvalue weighted by atomic mass is 9.93.